The smallest absolute Gasteiger partial charge is 0.255 e. The molecule has 0 bridgehead atoms. The van der Waals surface area contributed by atoms with Gasteiger partial charge in [-0.3, -0.25) is 9.59 Å². The molecule has 0 saturated carbocycles. The van der Waals surface area contributed by atoms with Crippen molar-refractivity contribution in [1.29, 1.82) is 0 Å². The Morgan fingerprint density at radius 2 is 1.90 bits per heavy atom. The van der Waals surface area contributed by atoms with Crippen molar-refractivity contribution in [2.45, 2.75) is 17.9 Å². The highest BCUT2D eigenvalue weighted by molar-refractivity contribution is 7.99. The zero-order valence-corrected chi connectivity index (χ0v) is 18.3. The molecule has 0 aliphatic carbocycles. The second-order valence-corrected chi connectivity index (χ2v) is 9.81. The summed E-state index contributed by atoms with van der Waals surface area (Å²) in [4.78, 5) is 24.2. The molecule has 1 saturated heterocycles. The first-order valence-corrected chi connectivity index (χ1v) is 11.8. The van der Waals surface area contributed by atoms with E-state index in [0.29, 0.717) is 28.5 Å². The summed E-state index contributed by atoms with van der Waals surface area (Å²) in [6, 6.07) is 10.0. The van der Waals surface area contributed by atoms with Crippen molar-refractivity contribution in [1.82, 2.24) is 4.31 Å². The van der Waals surface area contributed by atoms with Crippen LogP contribution in [0.5, 0.6) is 5.75 Å². The highest BCUT2D eigenvalue weighted by Crippen LogP contribution is 2.26. The summed E-state index contributed by atoms with van der Waals surface area (Å²) in [6.45, 7) is 2.06. The minimum Gasteiger partial charge on any atom is -0.496 e. The molecule has 8 nitrogen and oxygen atoms in total. The Kier molecular flexibility index (Phi) is 6.69. The average Bonchev–Trinajstić information content (AvgIpc) is 2.74. The lowest BCUT2D eigenvalue weighted by atomic mass is 10.1. The fourth-order valence-electron chi connectivity index (χ4n) is 3.17. The number of carbonyl (C=O) groups is 2. The van der Waals surface area contributed by atoms with Gasteiger partial charge in [-0.2, -0.15) is 16.1 Å². The summed E-state index contributed by atoms with van der Waals surface area (Å²) in [5, 5.41) is 2.74. The van der Waals surface area contributed by atoms with Crippen LogP contribution in [0, 0.1) is 6.92 Å². The van der Waals surface area contributed by atoms with Gasteiger partial charge in [0.05, 0.1) is 12.0 Å². The van der Waals surface area contributed by atoms with Gasteiger partial charge in [0.2, 0.25) is 15.9 Å². The summed E-state index contributed by atoms with van der Waals surface area (Å²) in [6.07, 6.45) is 0. The normalized spacial score (nSPS) is 17.3. The number of benzene rings is 2. The van der Waals surface area contributed by atoms with Crippen molar-refractivity contribution in [3.8, 4) is 5.75 Å². The second kappa shape index (κ2) is 9.07. The number of carbonyl (C=O) groups excluding carboxylic acids is 2. The van der Waals surface area contributed by atoms with Gasteiger partial charge in [0.1, 0.15) is 11.8 Å². The van der Waals surface area contributed by atoms with Gasteiger partial charge < -0.3 is 15.8 Å². The van der Waals surface area contributed by atoms with E-state index >= 15 is 0 Å². The van der Waals surface area contributed by atoms with Crippen molar-refractivity contribution < 1.29 is 22.7 Å². The van der Waals surface area contributed by atoms with Crippen LogP contribution in [0.3, 0.4) is 0 Å². The van der Waals surface area contributed by atoms with Crippen molar-refractivity contribution in [3.05, 3.63) is 53.6 Å². The van der Waals surface area contributed by atoms with Crippen LogP contribution in [-0.4, -0.2) is 55.7 Å². The van der Waals surface area contributed by atoms with Gasteiger partial charge in [0.15, 0.2) is 0 Å². The Hall–Kier alpha value is -2.56. The predicted octanol–water partition coefficient (Wildman–Crippen LogP) is 1.85. The van der Waals surface area contributed by atoms with E-state index < -0.39 is 22.0 Å². The molecule has 3 rings (SSSR count). The van der Waals surface area contributed by atoms with Gasteiger partial charge >= 0.3 is 0 Å². The largest absolute Gasteiger partial charge is 0.496 e. The van der Waals surface area contributed by atoms with Gasteiger partial charge in [0, 0.05) is 29.3 Å². The molecular formula is C20H23N3O5S2. The number of aryl methyl sites for hydroxylation is 1. The van der Waals surface area contributed by atoms with Crippen molar-refractivity contribution in [2.75, 3.05) is 30.5 Å². The van der Waals surface area contributed by atoms with E-state index in [0.717, 1.165) is 9.87 Å². The number of ether oxygens (including phenoxy) is 1. The van der Waals surface area contributed by atoms with E-state index in [-0.39, 0.29) is 17.3 Å². The molecule has 0 radical (unpaired) electrons. The third kappa shape index (κ3) is 4.61. The van der Waals surface area contributed by atoms with E-state index in [1.165, 1.54) is 36.0 Å². The maximum Gasteiger partial charge on any atom is 0.255 e. The quantitative estimate of drug-likeness (QED) is 0.695. The van der Waals surface area contributed by atoms with Crippen LogP contribution >= 0.6 is 11.8 Å². The number of hydrogen-bond acceptors (Lipinski definition) is 6. The Balaban J connectivity index is 1.76. The highest BCUT2D eigenvalue weighted by Gasteiger charge is 2.36. The lowest BCUT2D eigenvalue weighted by Gasteiger charge is -2.32. The highest BCUT2D eigenvalue weighted by atomic mass is 32.2. The van der Waals surface area contributed by atoms with Crippen molar-refractivity contribution >= 4 is 39.3 Å². The Bertz CT molecular complexity index is 1050. The molecule has 1 aliphatic rings. The number of amides is 2. The molecule has 160 valence electrons. The third-order valence-corrected chi connectivity index (χ3v) is 7.73. The van der Waals surface area contributed by atoms with Crippen molar-refractivity contribution in [3.63, 3.8) is 0 Å². The van der Waals surface area contributed by atoms with Gasteiger partial charge in [-0.05, 0) is 55.0 Å². The number of hydrogen-bond donors (Lipinski definition) is 2. The summed E-state index contributed by atoms with van der Waals surface area (Å²) >= 11 is 1.49. The molecule has 1 aliphatic heterocycles. The Morgan fingerprint density at radius 3 is 2.50 bits per heavy atom. The van der Waals surface area contributed by atoms with Gasteiger partial charge in [0.25, 0.3) is 5.91 Å². The average molecular weight is 450 g/mol. The van der Waals surface area contributed by atoms with E-state index in [9.17, 15) is 18.0 Å². The molecule has 0 aromatic heterocycles. The van der Waals surface area contributed by atoms with Crippen LogP contribution in [0.4, 0.5) is 5.69 Å². The fourth-order valence-corrected chi connectivity index (χ4v) is 6.03. The van der Waals surface area contributed by atoms with Crippen LogP contribution in [0.25, 0.3) is 0 Å². The molecule has 0 spiro atoms. The summed E-state index contributed by atoms with van der Waals surface area (Å²) in [7, 11) is -2.31. The molecule has 30 heavy (non-hydrogen) atoms. The first kappa shape index (κ1) is 22.1. The van der Waals surface area contributed by atoms with Crippen LogP contribution in [0.1, 0.15) is 15.9 Å². The maximum absolute atomic E-state index is 13.0. The number of primary amides is 1. The van der Waals surface area contributed by atoms with Gasteiger partial charge in [-0.15, -0.1) is 0 Å². The zero-order chi connectivity index (χ0) is 21.9. The molecule has 2 amide bonds. The minimum atomic E-state index is -3.87. The van der Waals surface area contributed by atoms with Crippen LogP contribution in [0.15, 0.2) is 47.4 Å². The van der Waals surface area contributed by atoms with Crippen LogP contribution in [0.2, 0.25) is 0 Å². The molecule has 1 fully saturated rings. The molecule has 1 atom stereocenters. The standard InChI is InChI=1S/C20H23N3O5S2/c1-13-11-14(3-8-18(13)28-2)20(25)22-15-4-6-16(7-5-15)30(26,27)23-9-10-29-12-17(23)19(21)24/h3-8,11,17H,9-10,12H2,1-2H3,(H2,21,24)(H,22,25)/t17-/m0/s1. The Morgan fingerprint density at radius 1 is 1.20 bits per heavy atom. The number of rotatable bonds is 6. The molecular weight excluding hydrogens is 426 g/mol. The van der Waals surface area contributed by atoms with E-state index in [1.54, 1.807) is 25.3 Å². The molecule has 10 heteroatoms. The third-order valence-electron chi connectivity index (χ3n) is 4.78. The predicted molar refractivity (Wildman–Crippen MR) is 116 cm³/mol. The van der Waals surface area contributed by atoms with E-state index in [1.807, 2.05) is 6.92 Å². The lowest BCUT2D eigenvalue weighted by molar-refractivity contribution is -0.121. The summed E-state index contributed by atoms with van der Waals surface area (Å²) < 4.78 is 32.3. The zero-order valence-electron chi connectivity index (χ0n) is 16.6. The fraction of sp³-hybridized carbons (Fsp3) is 0.300. The number of nitrogens with two attached hydrogens (primary N) is 1. The molecule has 3 N–H and O–H groups in total. The number of nitrogens with zero attached hydrogens (tertiary/aromatic N) is 1. The lowest BCUT2D eigenvalue weighted by Crippen LogP contribution is -2.52. The van der Waals surface area contributed by atoms with Crippen molar-refractivity contribution in [2.24, 2.45) is 5.73 Å². The van der Waals surface area contributed by atoms with E-state index in [2.05, 4.69) is 5.32 Å². The number of anilines is 1. The van der Waals surface area contributed by atoms with E-state index in [4.69, 9.17) is 10.5 Å². The monoisotopic (exact) mass is 449 g/mol. The number of sulfonamides is 1. The maximum atomic E-state index is 13.0. The molecule has 2 aromatic carbocycles. The number of nitrogens with one attached hydrogen (secondary N) is 1. The molecule has 0 unspecified atom stereocenters. The SMILES string of the molecule is COc1ccc(C(=O)Nc2ccc(S(=O)(=O)N3CCSC[C@H]3C(N)=O)cc2)cc1C. The van der Waals surface area contributed by atoms with Gasteiger partial charge in [-0.25, -0.2) is 8.42 Å². The number of thioether (sulfide) groups is 1. The van der Waals surface area contributed by atoms with Gasteiger partial charge in [-0.1, -0.05) is 0 Å². The topological polar surface area (TPSA) is 119 Å². The van der Waals surface area contributed by atoms with Crippen LogP contribution < -0.4 is 15.8 Å². The minimum absolute atomic E-state index is 0.0407. The first-order valence-electron chi connectivity index (χ1n) is 9.19. The summed E-state index contributed by atoms with van der Waals surface area (Å²) in [5.74, 6) is 0.636. The first-order chi connectivity index (χ1) is 14.2. The Labute approximate surface area is 179 Å². The molecule has 2 aromatic rings. The molecule has 1 heterocycles. The number of methoxy groups -OCH3 is 1. The van der Waals surface area contributed by atoms with Crippen LogP contribution in [-0.2, 0) is 14.8 Å². The summed E-state index contributed by atoms with van der Waals surface area (Å²) in [5.41, 5.74) is 7.12. The second-order valence-electron chi connectivity index (χ2n) is 6.77.